The van der Waals surface area contributed by atoms with Gasteiger partial charge in [-0.25, -0.2) is 4.98 Å². The number of imidazole rings is 1. The van der Waals surface area contributed by atoms with Crippen molar-refractivity contribution >= 4 is 22.8 Å². The predicted molar refractivity (Wildman–Crippen MR) is 98.9 cm³/mol. The Morgan fingerprint density at radius 3 is 2.46 bits per heavy atom. The third-order valence-electron chi connectivity index (χ3n) is 4.99. The van der Waals surface area contributed by atoms with Crippen LogP contribution in [0.25, 0.3) is 11.0 Å². The monoisotopic (exact) mass is 348 g/mol. The largest absolute Gasteiger partial charge is 0.366 e. The summed E-state index contributed by atoms with van der Waals surface area (Å²) in [5, 5.41) is 0. The summed E-state index contributed by atoms with van der Waals surface area (Å²) in [7, 11) is 0. The number of primary amides is 1. The zero-order chi connectivity index (χ0) is 18.1. The van der Waals surface area contributed by atoms with Crippen molar-refractivity contribution < 1.29 is 9.59 Å². The number of nitrogens with one attached hydrogen (secondary N) is 1. The Labute approximate surface area is 151 Å². The average molecular weight is 348 g/mol. The van der Waals surface area contributed by atoms with Crippen LogP contribution in [0, 0.1) is 0 Å². The molecule has 6 heteroatoms. The fourth-order valence-electron chi connectivity index (χ4n) is 3.56. The second-order valence-corrected chi connectivity index (χ2v) is 6.62. The first kappa shape index (κ1) is 16.3. The van der Waals surface area contributed by atoms with E-state index in [1.165, 1.54) is 0 Å². The van der Waals surface area contributed by atoms with E-state index in [1.54, 1.807) is 12.1 Å². The molecule has 6 nitrogen and oxygen atoms in total. The van der Waals surface area contributed by atoms with Crippen molar-refractivity contribution in [2.75, 3.05) is 13.1 Å². The first-order chi connectivity index (χ1) is 12.6. The molecule has 1 aliphatic rings. The van der Waals surface area contributed by atoms with E-state index in [0.29, 0.717) is 24.2 Å². The Hall–Kier alpha value is -3.15. The van der Waals surface area contributed by atoms with E-state index in [9.17, 15) is 9.59 Å². The maximum Gasteiger partial charge on any atom is 0.253 e. The molecule has 132 valence electrons. The summed E-state index contributed by atoms with van der Waals surface area (Å²) in [5.74, 6) is 0.699. The molecule has 1 fully saturated rings. The van der Waals surface area contributed by atoms with Crippen LogP contribution in [0.5, 0.6) is 0 Å². The number of H-pyrrole nitrogens is 1. The molecular weight excluding hydrogens is 328 g/mol. The minimum Gasteiger partial charge on any atom is -0.366 e. The van der Waals surface area contributed by atoms with Crippen LogP contribution in [0.2, 0.25) is 0 Å². The number of benzene rings is 2. The molecule has 0 bridgehead atoms. The molecule has 26 heavy (non-hydrogen) atoms. The van der Waals surface area contributed by atoms with Gasteiger partial charge in [0.25, 0.3) is 11.8 Å². The number of nitrogens with zero attached hydrogens (tertiary/aromatic N) is 2. The molecule has 1 aromatic heterocycles. The lowest BCUT2D eigenvalue weighted by molar-refractivity contribution is 0.0711. The number of likely N-dealkylation sites (tertiary alicyclic amines) is 1. The standard InChI is InChI=1S/C20H20N4O2/c21-18(25)15-7-4-8-16-17(15)23-19(22-16)13-9-11-24(12-10-13)20(26)14-5-2-1-3-6-14/h1-8,13H,9-12H2,(H2,21,25)(H,22,23). The fraction of sp³-hybridized carbons (Fsp3) is 0.250. The number of nitrogens with two attached hydrogens (primary N) is 1. The highest BCUT2D eigenvalue weighted by Gasteiger charge is 2.26. The lowest BCUT2D eigenvalue weighted by Crippen LogP contribution is -2.38. The van der Waals surface area contributed by atoms with Crippen molar-refractivity contribution in [3.05, 3.63) is 65.5 Å². The molecule has 1 aliphatic heterocycles. The van der Waals surface area contributed by atoms with E-state index in [-0.39, 0.29) is 11.8 Å². The number of fused-ring (bicyclic) bond motifs is 1. The second-order valence-electron chi connectivity index (χ2n) is 6.62. The Morgan fingerprint density at radius 2 is 1.77 bits per heavy atom. The average Bonchev–Trinajstić information content (AvgIpc) is 3.12. The minimum atomic E-state index is -0.475. The van der Waals surface area contributed by atoms with Crippen LogP contribution in [0.15, 0.2) is 48.5 Å². The van der Waals surface area contributed by atoms with Crippen LogP contribution in [-0.2, 0) is 0 Å². The summed E-state index contributed by atoms with van der Waals surface area (Å²) in [6.07, 6.45) is 1.68. The smallest absolute Gasteiger partial charge is 0.253 e. The molecule has 0 spiro atoms. The third kappa shape index (κ3) is 2.94. The number of carbonyl (C=O) groups is 2. The Kier molecular flexibility index (Phi) is 4.16. The number of carbonyl (C=O) groups excluding carboxylic acids is 2. The van der Waals surface area contributed by atoms with Crippen LogP contribution >= 0.6 is 0 Å². The van der Waals surface area contributed by atoms with Gasteiger partial charge in [-0.3, -0.25) is 9.59 Å². The predicted octanol–water partition coefficient (Wildman–Crippen LogP) is 2.68. The Balaban J connectivity index is 1.50. The summed E-state index contributed by atoms with van der Waals surface area (Å²) < 4.78 is 0. The van der Waals surface area contributed by atoms with Crippen LogP contribution in [-0.4, -0.2) is 39.8 Å². The molecule has 2 aromatic carbocycles. The van der Waals surface area contributed by atoms with Gasteiger partial charge in [0.2, 0.25) is 0 Å². The third-order valence-corrected chi connectivity index (χ3v) is 4.99. The number of amides is 2. The highest BCUT2D eigenvalue weighted by Crippen LogP contribution is 2.29. The van der Waals surface area contributed by atoms with Crippen LogP contribution < -0.4 is 5.73 Å². The molecular formula is C20H20N4O2. The van der Waals surface area contributed by atoms with Crippen LogP contribution in [0.1, 0.15) is 45.3 Å². The quantitative estimate of drug-likeness (QED) is 0.762. The molecule has 2 heterocycles. The normalized spacial score (nSPS) is 15.3. The van der Waals surface area contributed by atoms with Gasteiger partial charge in [-0.05, 0) is 37.1 Å². The highest BCUT2D eigenvalue weighted by atomic mass is 16.2. The molecule has 1 saturated heterocycles. The number of hydrogen-bond donors (Lipinski definition) is 2. The highest BCUT2D eigenvalue weighted by molar-refractivity contribution is 6.04. The van der Waals surface area contributed by atoms with Crippen molar-refractivity contribution in [3.8, 4) is 0 Å². The SMILES string of the molecule is NC(=O)c1cccc2[nH]c(C3CCN(C(=O)c4ccccc4)CC3)nc12. The van der Waals surface area contributed by atoms with Crippen LogP contribution in [0.4, 0.5) is 0 Å². The zero-order valence-electron chi connectivity index (χ0n) is 14.3. The number of aromatic nitrogens is 2. The lowest BCUT2D eigenvalue weighted by Gasteiger charge is -2.31. The molecule has 0 unspecified atom stereocenters. The van der Waals surface area contributed by atoms with Crippen molar-refractivity contribution in [1.82, 2.24) is 14.9 Å². The Bertz CT molecular complexity index is 956. The molecule has 3 N–H and O–H groups in total. The van der Waals surface area contributed by atoms with Crippen molar-refractivity contribution in [2.45, 2.75) is 18.8 Å². The van der Waals surface area contributed by atoms with Crippen molar-refractivity contribution in [2.24, 2.45) is 5.73 Å². The minimum absolute atomic E-state index is 0.0738. The molecule has 2 amide bonds. The number of rotatable bonds is 3. The lowest BCUT2D eigenvalue weighted by atomic mass is 9.95. The molecule has 0 atom stereocenters. The zero-order valence-corrected chi connectivity index (χ0v) is 14.3. The first-order valence-corrected chi connectivity index (χ1v) is 8.76. The van der Waals surface area contributed by atoms with E-state index in [2.05, 4.69) is 9.97 Å². The second kappa shape index (κ2) is 6.63. The molecule has 0 radical (unpaired) electrons. The van der Waals surface area contributed by atoms with Gasteiger partial charge in [0.1, 0.15) is 11.3 Å². The van der Waals surface area contributed by atoms with Gasteiger partial charge >= 0.3 is 0 Å². The van der Waals surface area contributed by atoms with Crippen LogP contribution in [0.3, 0.4) is 0 Å². The summed E-state index contributed by atoms with van der Waals surface area (Å²) in [6, 6.07) is 14.7. The number of hydrogen-bond acceptors (Lipinski definition) is 3. The van der Waals surface area contributed by atoms with Crippen molar-refractivity contribution in [3.63, 3.8) is 0 Å². The van der Waals surface area contributed by atoms with E-state index in [4.69, 9.17) is 5.73 Å². The van der Waals surface area contributed by atoms with Gasteiger partial charge in [0.15, 0.2) is 0 Å². The van der Waals surface area contributed by atoms with Crippen molar-refractivity contribution in [1.29, 1.82) is 0 Å². The number of piperidine rings is 1. The van der Waals surface area contributed by atoms with E-state index >= 15 is 0 Å². The van der Waals surface area contributed by atoms with Gasteiger partial charge in [0, 0.05) is 24.6 Å². The van der Waals surface area contributed by atoms with Gasteiger partial charge in [0.05, 0.1) is 11.1 Å². The van der Waals surface area contributed by atoms with Gasteiger partial charge in [-0.1, -0.05) is 24.3 Å². The van der Waals surface area contributed by atoms with Gasteiger partial charge < -0.3 is 15.6 Å². The fourth-order valence-corrected chi connectivity index (χ4v) is 3.56. The number of aromatic amines is 1. The number of para-hydroxylation sites is 1. The first-order valence-electron chi connectivity index (χ1n) is 8.76. The Morgan fingerprint density at radius 1 is 1.04 bits per heavy atom. The summed E-state index contributed by atoms with van der Waals surface area (Å²) >= 11 is 0. The maximum absolute atomic E-state index is 12.6. The summed E-state index contributed by atoms with van der Waals surface area (Å²) in [6.45, 7) is 1.39. The topological polar surface area (TPSA) is 92.1 Å². The van der Waals surface area contributed by atoms with Gasteiger partial charge in [-0.2, -0.15) is 0 Å². The summed E-state index contributed by atoms with van der Waals surface area (Å²) in [5.41, 5.74) is 8.03. The van der Waals surface area contributed by atoms with E-state index < -0.39 is 5.91 Å². The van der Waals surface area contributed by atoms with E-state index in [1.807, 2.05) is 41.3 Å². The maximum atomic E-state index is 12.6. The molecule has 4 rings (SSSR count). The molecule has 0 aliphatic carbocycles. The van der Waals surface area contributed by atoms with E-state index in [0.717, 1.165) is 29.7 Å². The summed E-state index contributed by atoms with van der Waals surface area (Å²) in [4.78, 5) is 34.0. The van der Waals surface area contributed by atoms with Gasteiger partial charge in [-0.15, -0.1) is 0 Å². The molecule has 3 aromatic rings. The molecule has 0 saturated carbocycles.